The molecule has 0 bridgehead atoms. The molecule has 1 aliphatic rings. The molecule has 1 atom stereocenters. The first kappa shape index (κ1) is 14.6. The fourth-order valence-electron chi connectivity index (χ4n) is 2.08. The second-order valence-corrected chi connectivity index (χ2v) is 4.67. The van der Waals surface area contributed by atoms with Gasteiger partial charge in [0.05, 0.1) is 12.1 Å². The number of hydrogen-bond donors (Lipinski definition) is 1. The number of benzene rings is 1. The number of carbonyl (C=O) groups excluding carboxylic acids is 1. The van der Waals surface area contributed by atoms with Crippen LogP contribution in [-0.4, -0.2) is 11.9 Å². The summed E-state index contributed by atoms with van der Waals surface area (Å²) in [6, 6.07) is 9.15. The van der Waals surface area contributed by atoms with E-state index in [0.717, 1.165) is 11.1 Å². The number of nitrogens with zero attached hydrogens (tertiary/aromatic N) is 3. The van der Waals surface area contributed by atoms with Crippen LogP contribution in [0, 0.1) is 0 Å². The molecule has 1 aromatic carbocycles. The van der Waals surface area contributed by atoms with E-state index >= 15 is 0 Å². The largest absolute Gasteiger partial charge is 0.347 e. The summed E-state index contributed by atoms with van der Waals surface area (Å²) in [5.41, 5.74) is 10.6. The van der Waals surface area contributed by atoms with Crippen LogP contribution in [0.5, 0.6) is 0 Å². The van der Waals surface area contributed by atoms with E-state index < -0.39 is 0 Å². The highest BCUT2D eigenvalue weighted by Crippen LogP contribution is 2.22. The SMILES string of the molecule is CC(=O)NC1C=CC(=CC(N=[N+]=[N-])c2ccccc2)C=C1. The Balaban J connectivity index is 2.16. The van der Waals surface area contributed by atoms with E-state index in [-0.39, 0.29) is 18.0 Å². The number of rotatable bonds is 4. The lowest BCUT2D eigenvalue weighted by Crippen LogP contribution is -2.30. The van der Waals surface area contributed by atoms with E-state index in [0.29, 0.717) is 0 Å². The predicted octanol–water partition coefficient (Wildman–Crippen LogP) is 3.60. The Bertz CT molecular complexity index is 624. The van der Waals surface area contributed by atoms with E-state index in [2.05, 4.69) is 15.3 Å². The van der Waals surface area contributed by atoms with Gasteiger partial charge in [-0.05, 0) is 16.7 Å². The molecule has 0 aliphatic heterocycles. The Labute approximate surface area is 123 Å². The molecule has 1 aliphatic carbocycles. The minimum Gasteiger partial charge on any atom is -0.347 e. The summed E-state index contributed by atoms with van der Waals surface area (Å²) in [7, 11) is 0. The van der Waals surface area contributed by atoms with Gasteiger partial charge in [0.2, 0.25) is 5.91 Å². The fraction of sp³-hybridized carbons (Fsp3) is 0.188. The van der Waals surface area contributed by atoms with Crippen LogP contribution in [0.3, 0.4) is 0 Å². The smallest absolute Gasteiger partial charge is 0.217 e. The van der Waals surface area contributed by atoms with Crippen LogP contribution in [0.2, 0.25) is 0 Å². The summed E-state index contributed by atoms with van der Waals surface area (Å²) in [5.74, 6) is -0.0713. The molecule has 0 fully saturated rings. The van der Waals surface area contributed by atoms with Crippen molar-refractivity contribution < 1.29 is 4.79 Å². The molecule has 0 saturated carbocycles. The van der Waals surface area contributed by atoms with Gasteiger partial charge in [-0.1, -0.05) is 65.8 Å². The lowest BCUT2D eigenvalue weighted by molar-refractivity contribution is -0.119. The third kappa shape index (κ3) is 4.37. The van der Waals surface area contributed by atoms with Gasteiger partial charge in [0.1, 0.15) is 0 Å². The summed E-state index contributed by atoms with van der Waals surface area (Å²) in [6.45, 7) is 1.49. The molecule has 5 nitrogen and oxygen atoms in total. The summed E-state index contributed by atoms with van der Waals surface area (Å²) in [6.07, 6.45) is 9.50. The Morgan fingerprint density at radius 2 is 2.00 bits per heavy atom. The fourth-order valence-corrected chi connectivity index (χ4v) is 2.08. The Hall–Kier alpha value is -2.78. The van der Waals surface area contributed by atoms with Crippen molar-refractivity contribution in [1.82, 2.24) is 5.32 Å². The van der Waals surface area contributed by atoms with Crippen LogP contribution in [0.1, 0.15) is 18.5 Å². The Kier molecular flexibility index (Phi) is 4.96. The maximum absolute atomic E-state index is 11.0. The average molecular weight is 280 g/mol. The van der Waals surface area contributed by atoms with E-state index in [1.165, 1.54) is 6.92 Å². The van der Waals surface area contributed by atoms with Gasteiger partial charge in [0.15, 0.2) is 0 Å². The van der Waals surface area contributed by atoms with Crippen molar-refractivity contribution in [2.24, 2.45) is 5.11 Å². The van der Waals surface area contributed by atoms with Crippen molar-refractivity contribution in [1.29, 1.82) is 0 Å². The molecule has 1 unspecified atom stereocenters. The van der Waals surface area contributed by atoms with Crippen LogP contribution < -0.4 is 5.32 Å². The van der Waals surface area contributed by atoms with Crippen molar-refractivity contribution in [3.8, 4) is 0 Å². The first-order valence-corrected chi connectivity index (χ1v) is 6.63. The molecule has 5 heteroatoms. The normalized spacial score (nSPS) is 17.8. The molecular formula is C16H16N4O. The lowest BCUT2D eigenvalue weighted by Gasteiger charge is -2.14. The summed E-state index contributed by atoms with van der Waals surface area (Å²) in [4.78, 5) is 13.9. The van der Waals surface area contributed by atoms with Crippen LogP contribution >= 0.6 is 0 Å². The van der Waals surface area contributed by atoms with E-state index in [1.807, 2.05) is 60.7 Å². The van der Waals surface area contributed by atoms with Gasteiger partial charge in [-0.2, -0.15) is 0 Å². The van der Waals surface area contributed by atoms with Gasteiger partial charge in [-0.25, -0.2) is 0 Å². The predicted molar refractivity (Wildman–Crippen MR) is 82.3 cm³/mol. The minimum atomic E-state index is -0.349. The zero-order valence-corrected chi connectivity index (χ0v) is 11.7. The summed E-state index contributed by atoms with van der Waals surface area (Å²) < 4.78 is 0. The monoisotopic (exact) mass is 280 g/mol. The molecule has 0 saturated heterocycles. The molecule has 0 aromatic heterocycles. The van der Waals surface area contributed by atoms with Crippen LogP contribution in [-0.2, 0) is 4.79 Å². The third-order valence-corrected chi connectivity index (χ3v) is 3.03. The number of amides is 1. The first-order chi connectivity index (χ1) is 10.2. The van der Waals surface area contributed by atoms with Crippen LogP contribution in [0.4, 0.5) is 0 Å². The van der Waals surface area contributed by atoms with Gasteiger partial charge in [-0.15, -0.1) is 0 Å². The van der Waals surface area contributed by atoms with Gasteiger partial charge in [-0.3, -0.25) is 4.79 Å². The molecule has 1 N–H and O–H groups in total. The molecule has 0 radical (unpaired) electrons. The topological polar surface area (TPSA) is 77.9 Å². The Morgan fingerprint density at radius 3 is 2.57 bits per heavy atom. The van der Waals surface area contributed by atoms with Gasteiger partial charge >= 0.3 is 0 Å². The van der Waals surface area contributed by atoms with E-state index in [9.17, 15) is 4.79 Å². The van der Waals surface area contributed by atoms with Gasteiger partial charge in [0.25, 0.3) is 0 Å². The number of azide groups is 1. The summed E-state index contributed by atoms with van der Waals surface area (Å²) >= 11 is 0. The highest BCUT2D eigenvalue weighted by Gasteiger charge is 2.09. The van der Waals surface area contributed by atoms with Crippen LogP contribution in [0.15, 0.2) is 71.4 Å². The van der Waals surface area contributed by atoms with Gasteiger partial charge < -0.3 is 5.32 Å². The average Bonchev–Trinajstić information content (AvgIpc) is 2.49. The second-order valence-electron chi connectivity index (χ2n) is 4.67. The maximum Gasteiger partial charge on any atom is 0.217 e. The van der Waals surface area contributed by atoms with Crippen molar-refractivity contribution in [2.45, 2.75) is 19.0 Å². The lowest BCUT2D eigenvalue weighted by atomic mass is 10.0. The number of allylic oxidation sites excluding steroid dienone is 3. The van der Waals surface area contributed by atoms with Crippen molar-refractivity contribution >= 4 is 5.91 Å². The molecule has 21 heavy (non-hydrogen) atoms. The molecular weight excluding hydrogens is 264 g/mol. The van der Waals surface area contributed by atoms with Gasteiger partial charge in [0, 0.05) is 11.8 Å². The van der Waals surface area contributed by atoms with E-state index in [4.69, 9.17) is 5.53 Å². The number of carbonyl (C=O) groups is 1. The molecule has 0 spiro atoms. The Morgan fingerprint density at radius 1 is 1.33 bits per heavy atom. The zero-order valence-electron chi connectivity index (χ0n) is 11.7. The summed E-state index contributed by atoms with van der Waals surface area (Å²) in [5, 5.41) is 6.61. The second kappa shape index (κ2) is 7.12. The first-order valence-electron chi connectivity index (χ1n) is 6.63. The maximum atomic E-state index is 11.0. The highest BCUT2D eigenvalue weighted by molar-refractivity contribution is 5.74. The third-order valence-electron chi connectivity index (χ3n) is 3.03. The minimum absolute atomic E-state index is 0.0713. The zero-order chi connectivity index (χ0) is 15.1. The van der Waals surface area contributed by atoms with Crippen LogP contribution in [0.25, 0.3) is 10.4 Å². The van der Waals surface area contributed by atoms with Crippen molar-refractivity contribution in [3.63, 3.8) is 0 Å². The quantitative estimate of drug-likeness (QED) is 0.510. The van der Waals surface area contributed by atoms with Crippen molar-refractivity contribution in [2.75, 3.05) is 0 Å². The number of hydrogen-bond acceptors (Lipinski definition) is 2. The number of nitrogens with one attached hydrogen (secondary N) is 1. The highest BCUT2D eigenvalue weighted by atomic mass is 16.1. The molecule has 1 amide bonds. The standard InChI is InChI=1S/C16H16N4O/c1-12(21)18-15-9-7-13(8-10-15)11-16(19-20-17)14-5-3-2-4-6-14/h2-11,15-16H,1H3,(H,18,21). The molecule has 106 valence electrons. The van der Waals surface area contributed by atoms with E-state index in [1.54, 1.807) is 0 Å². The molecule has 0 heterocycles. The molecule has 1 aromatic rings. The molecule has 2 rings (SSSR count). The van der Waals surface area contributed by atoms with Crippen molar-refractivity contribution in [3.05, 3.63) is 82.3 Å².